The molecule has 1 atom stereocenters. The third-order valence-electron chi connectivity index (χ3n) is 5.30. The molecule has 1 unspecified atom stereocenters. The van der Waals surface area contributed by atoms with E-state index >= 15 is 0 Å². The lowest BCUT2D eigenvalue weighted by Crippen LogP contribution is -2.36. The fraction of sp³-hybridized carbons (Fsp3) is 0.579. The number of likely N-dealkylation sites (tertiary alicyclic amines) is 1. The van der Waals surface area contributed by atoms with Gasteiger partial charge in [0.15, 0.2) is 0 Å². The molecule has 1 aromatic carbocycles. The lowest BCUT2D eigenvalue weighted by molar-refractivity contribution is -0.129. The minimum atomic E-state index is -0.454. The van der Waals surface area contributed by atoms with Crippen LogP contribution in [0.4, 0.5) is 4.39 Å². The van der Waals surface area contributed by atoms with Crippen LogP contribution in [0, 0.1) is 18.7 Å². The predicted molar refractivity (Wildman–Crippen MR) is 90.2 cm³/mol. The van der Waals surface area contributed by atoms with Crippen LogP contribution in [0.2, 0.25) is 0 Å². The van der Waals surface area contributed by atoms with Crippen molar-refractivity contribution in [1.29, 1.82) is 0 Å². The lowest BCUT2D eigenvalue weighted by atomic mass is 10.1. The van der Waals surface area contributed by atoms with E-state index in [1.54, 1.807) is 31.0 Å². The average Bonchev–Trinajstić information content (AvgIpc) is 3.19. The molecule has 2 fully saturated rings. The fourth-order valence-electron chi connectivity index (χ4n) is 3.99. The van der Waals surface area contributed by atoms with Crippen LogP contribution < -0.4 is 0 Å². The number of halogens is 1. The Labute approximate surface area is 142 Å². The van der Waals surface area contributed by atoms with Crippen LogP contribution in [0.1, 0.15) is 48.0 Å². The first-order valence-electron chi connectivity index (χ1n) is 8.77. The summed E-state index contributed by atoms with van der Waals surface area (Å²) in [5.74, 6) is -0.429. The Morgan fingerprint density at radius 3 is 2.75 bits per heavy atom. The van der Waals surface area contributed by atoms with E-state index in [1.807, 2.05) is 4.90 Å². The van der Waals surface area contributed by atoms with Crippen molar-refractivity contribution in [2.75, 3.05) is 20.1 Å². The van der Waals surface area contributed by atoms with E-state index in [9.17, 15) is 14.0 Å². The van der Waals surface area contributed by atoms with Gasteiger partial charge in [-0.3, -0.25) is 9.59 Å². The Hall–Kier alpha value is -1.91. The van der Waals surface area contributed by atoms with E-state index in [0.29, 0.717) is 24.6 Å². The molecule has 1 saturated carbocycles. The van der Waals surface area contributed by atoms with Gasteiger partial charge in [-0.25, -0.2) is 4.39 Å². The van der Waals surface area contributed by atoms with Gasteiger partial charge in [0, 0.05) is 38.5 Å². The molecular weight excluding hydrogens is 307 g/mol. The first-order valence-corrected chi connectivity index (χ1v) is 8.77. The zero-order valence-corrected chi connectivity index (χ0v) is 14.4. The van der Waals surface area contributed by atoms with Gasteiger partial charge < -0.3 is 9.80 Å². The number of carbonyl (C=O) groups is 2. The number of benzene rings is 1. The normalized spacial score (nSPS) is 21.5. The highest BCUT2D eigenvalue weighted by Gasteiger charge is 2.36. The van der Waals surface area contributed by atoms with E-state index in [0.717, 1.165) is 19.4 Å². The Bertz CT molecular complexity index is 640. The number of carbonyl (C=O) groups excluding carboxylic acids is 2. The van der Waals surface area contributed by atoms with E-state index in [4.69, 9.17) is 0 Å². The minimum absolute atomic E-state index is 0.106. The number of amides is 2. The minimum Gasteiger partial charge on any atom is -0.341 e. The molecule has 130 valence electrons. The molecule has 4 nitrogen and oxygen atoms in total. The molecule has 1 aliphatic carbocycles. The van der Waals surface area contributed by atoms with Crippen molar-refractivity contribution in [2.24, 2.45) is 5.92 Å². The lowest BCUT2D eigenvalue weighted by Gasteiger charge is -2.25. The zero-order chi connectivity index (χ0) is 17.3. The Kier molecular flexibility index (Phi) is 4.88. The number of rotatable bonds is 4. The van der Waals surface area contributed by atoms with Crippen LogP contribution in [0.15, 0.2) is 18.2 Å². The third-order valence-corrected chi connectivity index (χ3v) is 5.30. The summed E-state index contributed by atoms with van der Waals surface area (Å²) in [5, 5.41) is 0. The van der Waals surface area contributed by atoms with Crippen molar-refractivity contribution >= 4 is 11.8 Å². The van der Waals surface area contributed by atoms with Gasteiger partial charge in [-0.2, -0.15) is 0 Å². The second-order valence-electron chi connectivity index (χ2n) is 7.18. The van der Waals surface area contributed by atoms with Crippen molar-refractivity contribution < 1.29 is 14.0 Å². The first-order chi connectivity index (χ1) is 11.5. The smallest absolute Gasteiger partial charge is 0.256 e. The molecular formula is C19H25FN2O2. The van der Waals surface area contributed by atoms with Crippen LogP contribution in [0.3, 0.4) is 0 Å². The second-order valence-corrected chi connectivity index (χ2v) is 7.18. The standard InChI is InChI=1S/C19H25FN2O2/c1-13-6-5-9-16(18(13)20)19(24)21(2)11-14-10-17(23)22(12-14)15-7-3-4-8-15/h5-6,9,14-15H,3-4,7-8,10-12H2,1-2H3. The molecule has 1 saturated heterocycles. The highest BCUT2D eigenvalue weighted by Crippen LogP contribution is 2.29. The molecule has 1 aliphatic heterocycles. The summed E-state index contributed by atoms with van der Waals surface area (Å²) in [5.41, 5.74) is 0.576. The molecule has 1 aromatic rings. The molecule has 0 radical (unpaired) electrons. The van der Waals surface area contributed by atoms with Gasteiger partial charge in [-0.15, -0.1) is 0 Å². The predicted octanol–water partition coefficient (Wildman–Crippen LogP) is 3.00. The van der Waals surface area contributed by atoms with Crippen LogP contribution >= 0.6 is 0 Å². The van der Waals surface area contributed by atoms with Gasteiger partial charge in [0.05, 0.1) is 5.56 Å². The largest absolute Gasteiger partial charge is 0.341 e. The topological polar surface area (TPSA) is 40.6 Å². The molecule has 24 heavy (non-hydrogen) atoms. The number of nitrogens with zero attached hydrogens (tertiary/aromatic N) is 2. The summed E-state index contributed by atoms with van der Waals surface area (Å²) in [6.07, 6.45) is 5.09. The average molecular weight is 332 g/mol. The van der Waals surface area contributed by atoms with E-state index in [1.165, 1.54) is 18.9 Å². The molecule has 0 N–H and O–H groups in total. The van der Waals surface area contributed by atoms with Gasteiger partial charge in [-0.1, -0.05) is 25.0 Å². The van der Waals surface area contributed by atoms with E-state index in [2.05, 4.69) is 0 Å². The third kappa shape index (κ3) is 3.30. The summed E-state index contributed by atoms with van der Waals surface area (Å²) in [4.78, 5) is 28.3. The number of hydrogen-bond donors (Lipinski definition) is 0. The molecule has 2 amide bonds. The molecule has 3 rings (SSSR count). The van der Waals surface area contributed by atoms with Crippen molar-refractivity contribution in [1.82, 2.24) is 9.80 Å². The molecule has 0 aromatic heterocycles. The van der Waals surface area contributed by atoms with Gasteiger partial charge >= 0.3 is 0 Å². The van der Waals surface area contributed by atoms with Gasteiger partial charge in [0.1, 0.15) is 5.82 Å². The number of hydrogen-bond acceptors (Lipinski definition) is 2. The molecule has 0 spiro atoms. The SMILES string of the molecule is Cc1cccc(C(=O)N(C)CC2CC(=O)N(C3CCCC3)C2)c1F. The summed E-state index contributed by atoms with van der Waals surface area (Å²) < 4.78 is 14.1. The van der Waals surface area contributed by atoms with Gasteiger partial charge in [-0.05, 0) is 31.4 Å². The first kappa shape index (κ1) is 16.9. The summed E-state index contributed by atoms with van der Waals surface area (Å²) in [6, 6.07) is 5.26. The highest BCUT2D eigenvalue weighted by molar-refractivity contribution is 5.94. The Morgan fingerprint density at radius 1 is 1.33 bits per heavy atom. The van der Waals surface area contributed by atoms with Crippen LogP contribution in [-0.2, 0) is 4.79 Å². The number of aryl methyl sites for hydroxylation is 1. The van der Waals surface area contributed by atoms with E-state index in [-0.39, 0.29) is 23.3 Å². The summed E-state index contributed by atoms with van der Waals surface area (Å²) >= 11 is 0. The molecule has 1 heterocycles. The van der Waals surface area contributed by atoms with Gasteiger partial charge in [0.2, 0.25) is 5.91 Å². The molecule has 5 heteroatoms. The second kappa shape index (κ2) is 6.91. The summed E-state index contributed by atoms with van der Waals surface area (Å²) in [7, 11) is 1.69. The zero-order valence-electron chi connectivity index (χ0n) is 14.4. The van der Waals surface area contributed by atoms with Crippen LogP contribution in [-0.4, -0.2) is 47.8 Å². The van der Waals surface area contributed by atoms with Crippen LogP contribution in [0.5, 0.6) is 0 Å². The monoisotopic (exact) mass is 332 g/mol. The van der Waals surface area contributed by atoms with Crippen molar-refractivity contribution in [3.8, 4) is 0 Å². The Balaban J connectivity index is 1.62. The maximum Gasteiger partial charge on any atom is 0.256 e. The van der Waals surface area contributed by atoms with E-state index < -0.39 is 5.82 Å². The van der Waals surface area contributed by atoms with Gasteiger partial charge in [0.25, 0.3) is 5.91 Å². The maximum atomic E-state index is 14.1. The van der Waals surface area contributed by atoms with Crippen molar-refractivity contribution in [2.45, 2.75) is 45.1 Å². The summed E-state index contributed by atoms with van der Waals surface area (Å²) in [6.45, 7) is 2.86. The maximum absolute atomic E-state index is 14.1. The molecule has 2 aliphatic rings. The van der Waals surface area contributed by atoms with Crippen LogP contribution in [0.25, 0.3) is 0 Å². The quantitative estimate of drug-likeness (QED) is 0.850. The highest BCUT2D eigenvalue weighted by atomic mass is 19.1. The molecule has 0 bridgehead atoms. The Morgan fingerprint density at radius 2 is 2.04 bits per heavy atom. The fourth-order valence-corrected chi connectivity index (χ4v) is 3.99. The van der Waals surface area contributed by atoms with Crippen molar-refractivity contribution in [3.05, 3.63) is 35.1 Å². The van der Waals surface area contributed by atoms with Crippen molar-refractivity contribution in [3.63, 3.8) is 0 Å².